The first-order valence-electron chi connectivity index (χ1n) is 6.95. The van der Waals surface area contributed by atoms with Gasteiger partial charge >= 0.3 is 5.97 Å². The molecule has 0 bridgehead atoms. The standard InChI is InChI=1S/C16H18FNO3S/c1-10-14-11(17)6-4-7-12(14)22-15(10)16(20)18(2)9-5-8-13(19)21-3/h4,6-7H,5,8-9H2,1-3H3. The average Bonchev–Trinajstić information content (AvgIpc) is 2.84. The summed E-state index contributed by atoms with van der Waals surface area (Å²) in [6, 6.07) is 4.85. The van der Waals surface area contributed by atoms with Crippen LogP contribution in [0, 0.1) is 12.7 Å². The first kappa shape index (κ1) is 16.4. The highest BCUT2D eigenvalue weighted by molar-refractivity contribution is 7.21. The number of nitrogens with zero attached hydrogens (tertiary/aromatic N) is 1. The highest BCUT2D eigenvalue weighted by Crippen LogP contribution is 2.33. The van der Waals surface area contributed by atoms with Crippen LogP contribution in [0.5, 0.6) is 0 Å². The lowest BCUT2D eigenvalue weighted by molar-refractivity contribution is -0.140. The molecule has 0 aliphatic carbocycles. The lowest BCUT2D eigenvalue weighted by atomic mass is 10.1. The zero-order chi connectivity index (χ0) is 16.3. The van der Waals surface area contributed by atoms with Gasteiger partial charge in [-0.3, -0.25) is 9.59 Å². The maximum absolute atomic E-state index is 13.9. The van der Waals surface area contributed by atoms with Crippen molar-refractivity contribution in [1.82, 2.24) is 4.90 Å². The maximum atomic E-state index is 13.9. The van der Waals surface area contributed by atoms with Crippen molar-refractivity contribution >= 4 is 33.3 Å². The van der Waals surface area contributed by atoms with E-state index in [-0.39, 0.29) is 24.1 Å². The van der Waals surface area contributed by atoms with Crippen LogP contribution in [0.4, 0.5) is 4.39 Å². The number of methoxy groups -OCH3 is 1. The molecule has 0 radical (unpaired) electrons. The summed E-state index contributed by atoms with van der Waals surface area (Å²) in [4.78, 5) is 25.7. The zero-order valence-corrected chi connectivity index (χ0v) is 13.6. The van der Waals surface area contributed by atoms with Gasteiger partial charge in [0.1, 0.15) is 5.82 Å². The molecule has 2 aromatic rings. The number of hydrogen-bond acceptors (Lipinski definition) is 4. The minimum atomic E-state index is -0.307. The predicted molar refractivity (Wildman–Crippen MR) is 84.7 cm³/mol. The largest absolute Gasteiger partial charge is 0.469 e. The number of hydrogen-bond donors (Lipinski definition) is 0. The van der Waals surface area contributed by atoms with Crippen molar-refractivity contribution in [3.63, 3.8) is 0 Å². The van der Waals surface area contributed by atoms with Crippen molar-refractivity contribution in [3.8, 4) is 0 Å². The fourth-order valence-electron chi connectivity index (χ4n) is 2.29. The molecular formula is C16H18FNO3S. The molecular weight excluding hydrogens is 305 g/mol. The first-order chi connectivity index (χ1) is 10.5. The van der Waals surface area contributed by atoms with Crippen LogP contribution in [0.1, 0.15) is 28.1 Å². The van der Waals surface area contributed by atoms with Gasteiger partial charge in [0.2, 0.25) is 0 Å². The lowest BCUT2D eigenvalue weighted by Crippen LogP contribution is -2.28. The van der Waals surface area contributed by atoms with E-state index in [1.165, 1.54) is 24.5 Å². The van der Waals surface area contributed by atoms with E-state index in [9.17, 15) is 14.0 Å². The van der Waals surface area contributed by atoms with Gasteiger partial charge in [0.25, 0.3) is 5.91 Å². The molecule has 2 rings (SSSR count). The molecule has 0 fully saturated rings. The molecule has 22 heavy (non-hydrogen) atoms. The number of amides is 1. The molecule has 6 heteroatoms. The number of benzene rings is 1. The molecule has 0 spiro atoms. The maximum Gasteiger partial charge on any atom is 0.305 e. The van der Waals surface area contributed by atoms with Crippen LogP contribution >= 0.6 is 11.3 Å². The Bertz CT molecular complexity index is 711. The third-order valence-corrected chi connectivity index (χ3v) is 4.79. The summed E-state index contributed by atoms with van der Waals surface area (Å²) in [5, 5.41) is 0.513. The number of fused-ring (bicyclic) bond motifs is 1. The average molecular weight is 323 g/mol. The number of carbonyl (C=O) groups excluding carboxylic acids is 2. The Kier molecular flexibility index (Phi) is 5.13. The molecule has 1 aromatic carbocycles. The van der Waals surface area contributed by atoms with Crippen molar-refractivity contribution in [3.05, 3.63) is 34.5 Å². The second kappa shape index (κ2) is 6.87. The highest BCUT2D eigenvalue weighted by Gasteiger charge is 2.20. The van der Waals surface area contributed by atoms with Crippen LogP contribution in [0.2, 0.25) is 0 Å². The van der Waals surface area contributed by atoms with Crippen LogP contribution < -0.4 is 0 Å². The summed E-state index contributed by atoms with van der Waals surface area (Å²) in [6.07, 6.45) is 0.807. The summed E-state index contributed by atoms with van der Waals surface area (Å²) >= 11 is 1.30. The van der Waals surface area contributed by atoms with Crippen LogP contribution in [0.25, 0.3) is 10.1 Å². The second-order valence-corrected chi connectivity index (χ2v) is 6.13. The SMILES string of the molecule is COC(=O)CCCN(C)C(=O)c1sc2cccc(F)c2c1C. The number of esters is 1. The van der Waals surface area contributed by atoms with Gasteiger partial charge < -0.3 is 9.64 Å². The smallest absolute Gasteiger partial charge is 0.305 e. The Balaban J connectivity index is 2.14. The minimum absolute atomic E-state index is 0.150. The Labute approximate surface area is 132 Å². The molecule has 4 nitrogen and oxygen atoms in total. The number of thiophene rings is 1. The van der Waals surface area contributed by atoms with Gasteiger partial charge in [0, 0.05) is 30.1 Å². The third kappa shape index (κ3) is 3.27. The van der Waals surface area contributed by atoms with Gasteiger partial charge in [0.15, 0.2) is 0 Å². The molecule has 0 atom stereocenters. The summed E-state index contributed by atoms with van der Waals surface area (Å²) in [5.74, 6) is -0.748. The second-order valence-electron chi connectivity index (χ2n) is 5.08. The van der Waals surface area contributed by atoms with E-state index in [2.05, 4.69) is 4.74 Å². The van der Waals surface area contributed by atoms with Gasteiger partial charge in [-0.25, -0.2) is 4.39 Å². The van der Waals surface area contributed by atoms with Crippen molar-refractivity contribution in [2.24, 2.45) is 0 Å². The predicted octanol–water partition coefficient (Wildman–Crippen LogP) is 3.37. The van der Waals surface area contributed by atoms with Crippen molar-refractivity contribution in [2.45, 2.75) is 19.8 Å². The summed E-state index contributed by atoms with van der Waals surface area (Å²) < 4.78 is 19.2. The van der Waals surface area contributed by atoms with E-state index < -0.39 is 0 Å². The van der Waals surface area contributed by atoms with E-state index in [0.29, 0.717) is 28.8 Å². The van der Waals surface area contributed by atoms with Gasteiger partial charge in [-0.2, -0.15) is 0 Å². The molecule has 1 amide bonds. The Morgan fingerprint density at radius 3 is 2.73 bits per heavy atom. The summed E-state index contributed by atoms with van der Waals surface area (Å²) in [6.45, 7) is 2.21. The Morgan fingerprint density at radius 2 is 2.09 bits per heavy atom. The molecule has 0 saturated heterocycles. The fraction of sp³-hybridized carbons (Fsp3) is 0.375. The molecule has 1 aromatic heterocycles. The normalized spacial score (nSPS) is 10.7. The quantitative estimate of drug-likeness (QED) is 0.793. The number of rotatable bonds is 5. The van der Waals surface area contributed by atoms with E-state index in [4.69, 9.17) is 0 Å². The van der Waals surface area contributed by atoms with Gasteiger partial charge in [-0.1, -0.05) is 6.07 Å². The third-order valence-electron chi connectivity index (χ3n) is 3.55. The van der Waals surface area contributed by atoms with E-state index >= 15 is 0 Å². The van der Waals surface area contributed by atoms with Gasteiger partial charge in [-0.15, -0.1) is 11.3 Å². The molecule has 0 aliphatic rings. The molecule has 118 valence electrons. The zero-order valence-electron chi connectivity index (χ0n) is 12.8. The lowest BCUT2D eigenvalue weighted by Gasteiger charge is -2.16. The van der Waals surface area contributed by atoms with Crippen LogP contribution in [0.15, 0.2) is 18.2 Å². The molecule has 0 saturated carbocycles. The Morgan fingerprint density at radius 1 is 1.36 bits per heavy atom. The summed E-state index contributed by atoms with van der Waals surface area (Å²) in [7, 11) is 3.02. The fourth-order valence-corrected chi connectivity index (χ4v) is 3.51. The van der Waals surface area contributed by atoms with Crippen molar-refractivity contribution in [2.75, 3.05) is 20.7 Å². The van der Waals surface area contributed by atoms with Crippen LogP contribution in [-0.2, 0) is 9.53 Å². The molecule has 0 aliphatic heterocycles. The van der Waals surface area contributed by atoms with Crippen LogP contribution in [0.3, 0.4) is 0 Å². The molecule has 0 unspecified atom stereocenters. The van der Waals surface area contributed by atoms with Gasteiger partial charge in [-0.05, 0) is 31.0 Å². The van der Waals surface area contributed by atoms with Crippen molar-refractivity contribution < 1.29 is 18.7 Å². The number of carbonyl (C=O) groups is 2. The number of aryl methyl sites for hydroxylation is 1. The minimum Gasteiger partial charge on any atom is -0.469 e. The van der Waals surface area contributed by atoms with Crippen molar-refractivity contribution in [1.29, 1.82) is 0 Å². The number of halogens is 1. The topological polar surface area (TPSA) is 46.6 Å². The highest BCUT2D eigenvalue weighted by atomic mass is 32.1. The number of ether oxygens (including phenoxy) is 1. The van der Waals surface area contributed by atoms with E-state index in [0.717, 1.165) is 4.70 Å². The van der Waals surface area contributed by atoms with Gasteiger partial charge in [0.05, 0.1) is 12.0 Å². The van der Waals surface area contributed by atoms with E-state index in [1.54, 1.807) is 24.9 Å². The molecule has 1 heterocycles. The van der Waals surface area contributed by atoms with E-state index in [1.807, 2.05) is 6.07 Å². The molecule has 0 N–H and O–H groups in total. The monoisotopic (exact) mass is 323 g/mol. The van der Waals surface area contributed by atoms with Crippen LogP contribution in [-0.4, -0.2) is 37.5 Å². The Hall–Kier alpha value is -1.95. The summed E-state index contributed by atoms with van der Waals surface area (Å²) in [5.41, 5.74) is 0.669. The first-order valence-corrected chi connectivity index (χ1v) is 7.77.